The Morgan fingerprint density at radius 1 is 0.931 bits per heavy atom. The van der Waals surface area contributed by atoms with E-state index in [1.807, 2.05) is 67.5 Å². The molecule has 1 unspecified atom stereocenters. The maximum atomic E-state index is 13.5. The molecule has 3 aromatic rings. The van der Waals surface area contributed by atoms with Crippen molar-refractivity contribution in [2.24, 2.45) is 0 Å². The summed E-state index contributed by atoms with van der Waals surface area (Å²) in [4.78, 5) is 14.5. The molecule has 3 aromatic carbocycles. The zero-order valence-corrected chi connectivity index (χ0v) is 16.5. The molecule has 3 rings (SSSR count). The molecule has 0 fully saturated rings. The SMILES string of the molecule is CN(C)C(CNC(=O)c1ccc(C#Cc2ccccc2)cc1)c1cccc(F)c1. The van der Waals surface area contributed by atoms with Gasteiger partial charge >= 0.3 is 0 Å². The van der Waals surface area contributed by atoms with E-state index >= 15 is 0 Å². The molecular formula is C25H23FN2O. The van der Waals surface area contributed by atoms with Gasteiger partial charge < -0.3 is 10.2 Å². The Balaban J connectivity index is 1.64. The Kier molecular flexibility index (Phi) is 6.78. The summed E-state index contributed by atoms with van der Waals surface area (Å²) in [7, 11) is 3.81. The highest BCUT2D eigenvalue weighted by Crippen LogP contribution is 2.18. The number of amides is 1. The summed E-state index contributed by atoms with van der Waals surface area (Å²) in [5, 5.41) is 2.94. The summed E-state index contributed by atoms with van der Waals surface area (Å²) in [6.45, 7) is 0.380. The molecule has 3 nitrogen and oxygen atoms in total. The lowest BCUT2D eigenvalue weighted by molar-refractivity contribution is 0.0942. The molecule has 4 heteroatoms. The molecule has 1 N–H and O–H groups in total. The van der Waals surface area contributed by atoms with Crippen molar-refractivity contribution in [1.82, 2.24) is 10.2 Å². The number of likely N-dealkylation sites (N-methyl/N-ethyl adjacent to an activating group) is 1. The third-order valence-corrected chi connectivity index (χ3v) is 4.58. The Morgan fingerprint density at radius 2 is 1.59 bits per heavy atom. The van der Waals surface area contributed by atoms with Gasteiger partial charge in [-0.3, -0.25) is 4.79 Å². The quantitative estimate of drug-likeness (QED) is 0.665. The molecule has 146 valence electrons. The predicted octanol–water partition coefficient (Wildman–Crippen LogP) is 4.26. The number of hydrogen-bond acceptors (Lipinski definition) is 2. The monoisotopic (exact) mass is 386 g/mol. The van der Waals surface area contributed by atoms with E-state index in [0.717, 1.165) is 16.7 Å². The van der Waals surface area contributed by atoms with Crippen molar-refractivity contribution in [2.75, 3.05) is 20.6 Å². The zero-order chi connectivity index (χ0) is 20.6. The molecule has 1 amide bonds. The summed E-state index contributed by atoms with van der Waals surface area (Å²) in [5.74, 6) is 5.74. The van der Waals surface area contributed by atoms with Gasteiger partial charge in [0.05, 0.1) is 6.04 Å². The molecule has 0 heterocycles. The lowest BCUT2D eigenvalue weighted by Gasteiger charge is -2.25. The van der Waals surface area contributed by atoms with E-state index in [1.54, 1.807) is 18.2 Å². The normalized spacial score (nSPS) is 11.4. The van der Waals surface area contributed by atoms with Crippen LogP contribution in [0.1, 0.15) is 33.1 Å². The fraction of sp³-hybridized carbons (Fsp3) is 0.160. The second-order valence-corrected chi connectivity index (χ2v) is 6.94. The van der Waals surface area contributed by atoms with Crippen molar-refractivity contribution in [3.8, 4) is 11.8 Å². The van der Waals surface area contributed by atoms with Gasteiger partial charge in [0.25, 0.3) is 5.91 Å². The van der Waals surface area contributed by atoms with Crippen LogP contribution in [0.5, 0.6) is 0 Å². The first-order valence-corrected chi connectivity index (χ1v) is 9.40. The van der Waals surface area contributed by atoms with E-state index in [4.69, 9.17) is 0 Å². The van der Waals surface area contributed by atoms with Gasteiger partial charge in [-0.15, -0.1) is 0 Å². The highest BCUT2D eigenvalue weighted by molar-refractivity contribution is 5.94. The second kappa shape index (κ2) is 9.68. The van der Waals surface area contributed by atoms with E-state index in [-0.39, 0.29) is 17.8 Å². The first-order chi connectivity index (χ1) is 14.0. The minimum Gasteiger partial charge on any atom is -0.350 e. The van der Waals surface area contributed by atoms with Crippen LogP contribution in [-0.2, 0) is 0 Å². The number of carbonyl (C=O) groups is 1. The largest absolute Gasteiger partial charge is 0.350 e. The molecule has 0 saturated heterocycles. The molecule has 0 bridgehead atoms. The highest BCUT2D eigenvalue weighted by Gasteiger charge is 2.16. The number of nitrogens with one attached hydrogen (secondary N) is 1. The maximum Gasteiger partial charge on any atom is 0.251 e. The van der Waals surface area contributed by atoms with Gasteiger partial charge in [0.2, 0.25) is 0 Å². The van der Waals surface area contributed by atoms with Crippen LogP contribution in [0, 0.1) is 17.7 Å². The van der Waals surface area contributed by atoms with Crippen LogP contribution in [0.2, 0.25) is 0 Å². The number of rotatable bonds is 5. The molecule has 0 radical (unpaired) electrons. The van der Waals surface area contributed by atoms with E-state index in [2.05, 4.69) is 17.2 Å². The molecule has 0 aliphatic carbocycles. The third kappa shape index (κ3) is 5.78. The molecule has 0 aromatic heterocycles. The second-order valence-electron chi connectivity index (χ2n) is 6.94. The number of halogens is 1. The molecule has 0 aliphatic heterocycles. The minimum atomic E-state index is -0.284. The average Bonchev–Trinajstić information content (AvgIpc) is 2.73. The van der Waals surface area contributed by atoms with Crippen molar-refractivity contribution in [3.63, 3.8) is 0 Å². The van der Waals surface area contributed by atoms with E-state index < -0.39 is 0 Å². The molecule has 0 spiro atoms. The molecule has 0 aliphatic rings. The molecular weight excluding hydrogens is 363 g/mol. The van der Waals surface area contributed by atoms with Gasteiger partial charge in [0.1, 0.15) is 5.82 Å². The summed E-state index contributed by atoms with van der Waals surface area (Å²) < 4.78 is 13.5. The first kappa shape index (κ1) is 20.3. The van der Waals surface area contributed by atoms with Gasteiger partial charge in [0.15, 0.2) is 0 Å². The Labute approximate surface area is 171 Å². The zero-order valence-electron chi connectivity index (χ0n) is 16.5. The van der Waals surface area contributed by atoms with Crippen LogP contribution in [0.4, 0.5) is 4.39 Å². The lowest BCUT2D eigenvalue weighted by atomic mass is 10.1. The summed E-state index contributed by atoms with van der Waals surface area (Å²) >= 11 is 0. The number of nitrogens with zero attached hydrogens (tertiary/aromatic N) is 1. The molecule has 0 saturated carbocycles. The van der Waals surface area contributed by atoms with Gasteiger partial charge in [0, 0.05) is 23.2 Å². The molecule has 1 atom stereocenters. The maximum absolute atomic E-state index is 13.5. The Morgan fingerprint density at radius 3 is 2.21 bits per heavy atom. The van der Waals surface area contributed by atoms with Crippen LogP contribution < -0.4 is 5.32 Å². The smallest absolute Gasteiger partial charge is 0.251 e. The van der Waals surface area contributed by atoms with Gasteiger partial charge in [-0.05, 0) is 68.2 Å². The van der Waals surface area contributed by atoms with Crippen molar-refractivity contribution in [2.45, 2.75) is 6.04 Å². The van der Waals surface area contributed by atoms with E-state index in [1.165, 1.54) is 12.1 Å². The van der Waals surface area contributed by atoms with Crippen LogP contribution in [0.15, 0.2) is 78.9 Å². The summed E-state index contributed by atoms with van der Waals surface area (Å²) in [6.07, 6.45) is 0. The summed E-state index contributed by atoms with van der Waals surface area (Å²) in [6, 6.07) is 23.3. The number of benzene rings is 3. The van der Waals surface area contributed by atoms with Crippen LogP contribution in [0.25, 0.3) is 0 Å². The Bertz CT molecular complexity index is 1020. The number of hydrogen-bond donors (Lipinski definition) is 1. The van der Waals surface area contributed by atoms with Crippen LogP contribution in [-0.4, -0.2) is 31.4 Å². The predicted molar refractivity (Wildman–Crippen MR) is 114 cm³/mol. The number of carbonyl (C=O) groups excluding carboxylic acids is 1. The van der Waals surface area contributed by atoms with Gasteiger partial charge in [-0.2, -0.15) is 0 Å². The van der Waals surface area contributed by atoms with Crippen molar-refractivity contribution >= 4 is 5.91 Å². The van der Waals surface area contributed by atoms with E-state index in [9.17, 15) is 9.18 Å². The summed E-state index contributed by atoms with van der Waals surface area (Å²) in [5.41, 5.74) is 3.17. The minimum absolute atomic E-state index is 0.120. The van der Waals surface area contributed by atoms with Crippen molar-refractivity contribution < 1.29 is 9.18 Å². The molecule has 29 heavy (non-hydrogen) atoms. The topological polar surface area (TPSA) is 32.3 Å². The van der Waals surface area contributed by atoms with E-state index in [0.29, 0.717) is 12.1 Å². The highest BCUT2D eigenvalue weighted by atomic mass is 19.1. The van der Waals surface area contributed by atoms with Crippen molar-refractivity contribution in [1.29, 1.82) is 0 Å². The van der Waals surface area contributed by atoms with Crippen LogP contribution >= 0.6 is 0 Å². The fourth-order valence-electron chi connectivity index (χ4n) is 2.97. The van der Waals surface area contributed by atoms with Crippen LogP contribution in [0.3, 0.4) is 0 Å². The lowest BCUT2D eigenvalue weighted by Crippen LogP contribution is -2.34. The van der Waals surface area contributed by atoms with Gasteiger partial charge in [-0.1, -0.05) is 42.2 Å². The van der Waals surface area contributed by atoms with Crippen molar-refractivity contribution in [3.05, 3.63) is 107 Å². The average molecular weight is 386 g/mol. The van der Waals surface area contributed by atoms with Gasteiger partial charge in [-0.25, -0.2) is 4.39 Å². The fourth-order valence-corrected chi connectivity index (χ4v) is 2.97. The first-order valence-electron chi connectivity index (χ1n) is 9.40. The standard InChI is InChI=1S/C25H23FN2O/c1-28(2)24(22-9-6-10-23(26)17-22)18-27-25(29)21-15-13-20(14-16-21)12-11-19-7-4-3-5-8-19/h3-10,13-17,24H,18H2,1-2H3,(H,27,29). The third-order valence-electron chi connectivity index (χ3n) is 4.58. The Hall–Kier alpha value is -3.42.